The van der Waals surface area contributed by atoms with Crippen LogP contribution in [0.3, 0.4) is 0 Å². The van der Waals surface area contributed by atoms with Gasteiger partial charge in [-0.3, -0.25) is 0 Å². The molecular formula is C40H42O4. The highest BCUT2D eigenvalue weighted by Gasteiger charge is 2.26. The molecule has 0 aliphatic heterocycles. The SMILES string of the molecule is Cc1cc(-c2c(C)c(-c3cc(C)c(O)c(C)c3)c(-c3cc(C)c(O)c(C)c3)c(C)c2-c2cc(C)c(O)c(C)c2)cc(C)c1O. The van der Waals surface area contributed by atoms with Crippen molar-refractivity contribution >= 4 is 0 Å². The van der Waals surface area contributed by atoms with Crippen LogP contribution in [0.1, 0.15) is 55.6 Å². The van der Waals surface area contributed by atoms with E-state index in [-0.39, 0.29) is 23.0 Å². The smallest absolute Gasteiger partial charge is 0.121 e. The molecule has 5 rings (SSSR count). The van der Waals surface area contributed by atoms with Gasteiger partial charge in [-0.1, -0.05) is 0 Å². The molecule has 5 aromatic rings. The van der Waals surface area contributed by atoms with Gasteiger partial charge in [-0.05, 0) is 218 Å². The summed E-state index contributed by atoms with van der Waals surface area (Å²) in [4.78, 5) is 0. The van der Waals surface area contributed by atoms with Crippen LogP contribution in [0.25, 0.3) is 44.5 Å². The first-order valence-electron chi connectivity index (χ1n) is 15.0. The van der Waals surface area contributed by atoms with Crippen LogP contribution in [0, 0.1) is 69.2 Å². The van der Waals surface area contributed by atoms with Crippen molar-refractivity contribution < 1.29 is 20.4 Å². The molecular weight excluding hydrogens is 544 g/mol. The zero-order chi connectivity index (χ0) is 32.4. The quantitative estimate of drug-likeness (QED) is 0.169. The van der Waals surface area contributed by atoms with Gasteiger partial charge in [0.25, 0.3) is 0 Å². The molecule has 0 heterocycles. The van der Waals surface area contributed by atoms with Gasteiger partial charge in [0.15, 0.2) is 0 Å². The van der Waals surface area contributed by atoms with E-state index in [1.165, 1.54) is 0 Å². The summed E-state index contributed by atoms with van der Waals surface area (Å²) in [5.41, 5.74) is 16.7. The molecule has 4 nitrogen and oxygen atoms in total. The van der Waals surface area contributed by atoms with Crippen LogP contribution in [0.2, 0.25) is 0 Å². The fraction of sp³-hybridized carbons (Fsp3) is 0.250. The molecule has 0 aromatic heterocycles. The third kappa shape index (κ3) is 4.98. The fourth-order valence-electron chi connectivity index (χ4n) is 6.84. The van der Waals surface area contributed by atoms with E-state index in [4.69, 9.17) is 0 Å². The zero-order valence-electron chi connectivity index (χ0n) is 27.4. The molecule has 4 heteroatoms. The molecule has 0 saturated carbocycles. The first-order chi connectivity index (χ1) is 20.6. The average Bonchev–Trinajstić information content (AvgIpc) is 2.95. The van der Waals surface area contributed by atoms with Crippen LogP contribution >= 0.6 is 0 Å². The monoisotopic (exact) mass is 586 g/mol. The second-order valence-electron chi connectivity index (χ2n) is 12.6. The number of hydrogen-bond acceptors (Lipinski definition) is 4. The zero-order valence-corrected chi connectivity index (χ0v) is 27.4. The minimum atomic E-state index is 0.290. The van der Waals surface area contributed by atoms with Gasteiger partial charge in [0.2, 0.25) is 0 Å². The summed E-state index contributed by atoms with van der Waals surface area (Å²) in [6.07, 6.45) is 0. The average molecular weight is 587 g/mol. The highest BCUT2D eigenvalue weighted by molar-refractivity contribution is 6.01. The number of benzene rings is 5. The number of phenolic OH excluding ortho intramolecular Hbond substituents is 4. The minimum Gasteiger partial charge on any atom is -0.507 e. The lowest BCUT2D eigenvalue weighted by atomic mass is 9.77. The minimum absolute atomic E-state index is 0.290. The lowest BCUT2D eigenvalue weighted by Crippen LogP contribution is -2.03. The van der Waals surface area contributed by atoms with Crippen LogP contribution in [0.15, 0.2) is 48.5 Å². The molecule has 0 unspecified atom stereocenters. The highest BCUT2D eigenvalue weighted by atomic mass is 16.3. The van der Waals surface area contributed by atoms with Gasteiger partial charge < -0.3 is 20.4 Å². The lowest BCUT2D eigenvalue weighted by molar-refractivity contribution is 0.466. The molecule has 0 aliphatic rings. The van der Waals surface area contributed by atoms with Gasteiger partial charge in [0.1, 0.15) is 23.0 Å². The Labute approximate surface area is 260 Å². The van der Waals surface area contributed by atoms with Gasteiger partial charge in [0.05, 0.1) is 0 Å². The van der Waals surface area contributed by atoms with Crippen LogP contribution in [0.5, 0.6) is 23.0 Å². The summed E-state index contributed by atoms with van der Waals surface area (Å²) in [6, 6.07) is 16.3. The summed E-state index contributed by atoms with van der Waals surface area (Å²) < 4.78 is 0. The van der Waals surface area contributed by atoms with Crippen LogP contribution in [-0.4, -0.2) is 20.4 Å². The summed E-state index contributed by atoms with van der Waals surface area (Å²) in [5, 5.41) is 42.8. The van der Waals surface area contributed by atoms with Crippen LogP contribution in [0.4, 0.5) is 0 Å². The van der Waals surface area contributed by atoms with E-state index in [1.807, 2.05) is 104 Å². The lowest BCUT2D eigenvalue weighted by Gasteiger charge is -2.27. The van der Waals surface area contributed by atoms with E-state index in [2.05, 4.69) is 13.8 Å². The third-order valence-corrected chi connectivity index (χ3v) is 9.12. The maximum absolute atomic E-state index is 10.7. The highest BCUT2D eigenvalue weighted by Crippen LogP contribution is 2.51. The maximum atomic E-state index is 10.7. The van der Waals surface area contributed by atoms with Gasteiger partial charge >= 0.3 is 0 Å². The topological polar surface area (TPSA) is 80.9 Å². The Hall–Kier alpha value is -4.70. The molecule has 0 atom stereocenters. The maximum Gasteiger partial charge on any atom is 0.121 e. The van der Waals surface area contributed by atoms with Crippen molar-refractivity contribution in [1.29, 1.82) is 0 Å². The predicted octanol–water partition coefficient (Wildman–Crippen LogP) is 10.3. The summed E-state index contributed by atoms with van der Waals surface area (Å²) in [5.74, 6) is 1.16. The van der Waals surface area contributed by atoms with Crippen molar-refractivity contribution in [3.8, 4) is 67.5 Å². The second kappa shape index (κ2) is 11.1. The van der Waals surface area contributed by atoms with Crippen molar-refractivity contribution in [1.82, 2.24) is 0 Å². The molecule has 0 amide bonds. The van der Waals surface area contributed by atoms with E-state index in [0.29, 0.717) is 0 Å². The Morgan fingerprint density at radius 3 is 0.545 bits per heavy atom. The molecule has 44 heavy (non-hydrogen) atoms. The summed E-state index contributed by atoms with van der Waals surface area (Å²) >= 11 is 0. The van der Waals surface area contributed by atoms with Crippen molar-refractivity contribution in [2.75, 3.05) is 0 Å². The van der Waals surface area contributed by atoms with E-state index >= 15 is 0 Å². The van der Waals surface area contributed by atoms with E-state index in [0.717, 1.165) is 100 Å². The van der Waals surface area contributed by atoms with Gasteiger partial charge in [0, 0.05) is 0 Å². The molecule has 0 bridgehead atoms. The van der Waals surface area contributed by atoms with Crippen molar-refractivity contribution in [3.63, 3.8) is 0 Å². The first-order valence-corrected chi connectivity index (χ1v) is 15.0. The van der Waals surface area contributed by atoms with Gasteiger partial charge in [-0.15, -0.1) is 0 Å². The third-order valence-electron chi connectivity index (χ3n) is 9.12. The van der Waals surface area contributed by atoms with Crippen molar-refractivity contribution in [3.05, 3.63) is 104 Å². The van der Waals surface area contributed by atoms with Crippen molar-refractivity contribution in [2.45, 2.75) is 69.2 Å². The predicted molar refractivity (Wildman–Crippen MR) is 182 cm³/mol. The normalized spacial score (nSPS) is 11.3. The Morgan fingerprint density at radius 1 is 0.273 bits per heavy atom. The largest absolute Gasteiger partial charge is 0.507 e. The van der Waals surface area contributed by atoms with Gasteiger partial charge in [-0.25, -0.2) is 0 Å². The van der Waals surface area contributed by atoms with E-state index < -0.39 is 0 Å². The van der Waals surface area contributed by atoms with E-state index in [1.54, 1.807) is 0 Å². The number of rotatable bonds is 4. The number of phenols is 4. The number of hydrogen-bond donors (Lipinski definition) is 4. The second-order valence-corrected chi connectivity index (χ2v) is 12.6. The molecule has 0 saturated heterocycles. The summed E-state index contributed by atoms with van der Waals surface area (Å²) in [7, 11) is 0. The van der Waals surface area contributed by atoms with Crippen LogP contribution in [-0.2, 0) is 0 Å². The van der Waals surface area contributed by atoms with Gasteiger partial charge in [-0.2, -0.15) is 0 Å². The van der Waals surface area contributed by atoms with Crippen molar-refractivity contribution in [2.24, 2.45) is 0 Å². The number of aromatic hydroxyl groups is 4. The Morgan fingerprint density at radius 2 is 0.409 bits per heavy atom. The fourth-order valence-corrected chi connectivity index (χ4v) is 6.84. The molecule has 5 aromatic carbocycles. The number of aryl methyl sites for hydroxylation is 8. The Balaban J connectivity index is 2.07. The summed E-state index contributed by atoms with van der Waals surface area (Å²) in [6.45, 7) is 19.7. The Kier molecular flexibility index (Phi) is 7.75. The molecule has 0 spiro atoms. The molecule has 0 fully saturated rings. The molecule has 0 radical (unpaired) electrons. The van der Waals surface area contributed by atoms with E-state index in [9.17, 15) is 20.4 Å². The molecule has 4 N–H and O–H groups in total. The Bertz CT molecular complexity index is 1620. The molecule has 0 aliphatic carbocycles. The van der Waals surface area contributed by atoms with Crippen LogP contribution < -0.4 is 0 Å². The first kappa shape index (κ1) is 30.7. The molecule has 226 valence electrons. The standard InChI is InChI=1S/C40H42O4/c1-19-11-29(12-20(2)37(19)41)33-27(9)35(31-15-23(5)39(43)24(6)16-31)36(32-17-25(7)40(44)26(8)18-32)28(10)34(33)30-13-21(3)38(42)22(4)14-30/h11-18,41-44H,1-10H3.